The van der Waals surface area contributed by atoms with E-state index in [1.165, 1.54) is 0 Å². The fourth-order valence-corrected chi connectivity index (χ4v) is 0.883. The molecule has 4 heteroatoms. The topological polar surface area (TPSA) is 56.1 Å². The number of nitrogens with one attached hydrogen (secondary N) is 1. The van der Waals surface area contributed by atoms with Crippen LogP contribution >= 0.6 is 0 Å². The van der Waals surface area contributed by atoms with Crippen LogP contribution in [0.15, 0.2) is 0 Å². The Morgan fingerprint density at radius 1 is 1.64 bits per heavy atom. The van der Waals surface area contributed by atoms with E-state index in [4.69, 9.17) is 5.26 Å². The SMILES string of the molecule is CCC(C)NCC(=O)N(C)CCC#N. The number of carbonyl (C=O) groups excluding carboxylic acids is 1. The van der Waals surface area contributed by atoms with E-state index in [-0.39, 0.29) is 5.91 Å². The van der Waals surface area contributed by atoms with Crippen LogP contribution in [-0.2, 0) is 4.79 Å². The summed E-state index contributed by atoms with van der Waals surface area (Å²) < 4.78 is 0. The molecular weight excluding hydrogens is 178 g/mol. The number of carbonyl (C=O) groups is 1. The Bertz CT molecular complexity index is 210. The molecule has 0 heterocycles. The first-order valence-electron chi connectivity index (χ1n) is 4.96. The maximum Gasteiger partial charge on any atom is 0.236 e. The van der Waals surface area contributed by atoms with Crippen LogP contribution in [0.1, 0.15) is 26.7 Å². The molecule has 1 amide bonds. The lowest BCUT2D eigenvalue weighted by molar-refractivity contribution is -0.129. The first-order chi connectivity index (χ1) is 6.61. The summed E-state index contributed by atoms with van der Waals surface area (Å²) in [5.74, 6) is 0.0422. The molecule has 0 saturated carbocycles. The highest BCUT2D eigenvalue weighted by Gasteiger charge is 2.08. The highest BCUT2D eigenvalue weighted by molar-refractivity contribution is 5.77. The zero-order valence-electron chi connectivity index (χ0n) is 9.21. The summed E-state index contributed by atoms with van der Waals surface area (Å²) in [4.78, 5) is 13.0. The van der Waals surface area contributed by atoms with E-state index < -0.39 is 0 Å². The molecule has 0 aromatic carbocycles. The highest BCUT2D eigenvalue weighted by Crippen LogP contribution is 1.90. The first-order valence-corrected chi connectivity index (χ1v) is 4.96. The molecular formula is C10H19N3O. The van der Waals surface area contributed by atoms with Gasteiger partial charge >= 0.3 is 0 Å². The quantitative estimate of drug-likeness (QED) is 0.683. The number of likely N-dealkylation sites (N-methyl/N-ethyl adjacent to an activating group) is 1. The van der Waals surface area contributed by atoms with Crippen molar-refractivity contribution in [3.63, 3.8) is 0 Å². The zero-order valence-corrected chi connectivity index (χ0v) is 9.21. The summed E-state index contributed by atoms with van der Waals surface area (Å²) in [6.07, 6.45) is 1.40. The van der Waals surface area contributed by atoms with Gasteiger partial charge in [-0.05, 0) is 13.3 Å². The van der Waals surface area contributed by atoms with Crippen LogP contribution in [-0.4, -0.2) is 37.0 Å². The normalized spacial score (nSPS) is 11.9. The van der Waals surface area contributed by atoms with Crippen molar-refractivity contribution in [1.82, 2.24) is 10.2 Å². The number of rotatable bonds is 6. The predicted molar refractivity (Wildman–Crippen MR) is 55.6 cm³/mol. The van der Waals surface area contributed by atoms with Gasteiger partial charge in [-0.25, -0.2) is 0 Å². The number of nitrogens with zero attached hydrogens (tertiary/aromatic N) is 2. The minimum atomic E-state index is 0.0422. The van der Waals surface area contributed by atoms with Crippen LogP contribution in [0.2, 0.25) is 0 Å². The van der Waals surface area contributed by atoms with Gasteiger partial charge in [-0.1, -0.05) is 6.92 Å². The van der Waals surface area contributed by atoms with Crippen molar-refractivity contribution >= 4 is 5.91 Å². The fourth-order valence-electron chi connectivity index (χ4n) is 0.883. The van der Waals surface area contributed by atoms with Crippen LogP contribution < -0.4 is 5.32 Å². The highest BCUT2D eigenvalue weighted by atomic mass is 16.2. The summed E-state index contributed by atoms with van der Waals surface area (Å²) in [7, 11) is 1.72. The van der Waals surface area contributed by atoms with Gasteiger partial charge in [0.25, 0.3) is 0 Å². The number of hydrogen-bond donors (Lipinski definition) is 1. The Morgan fingerprint density at radius 3 is 2.79 bits per heavy atom. The largest absolute Gasteiger partial charge is 0.344 e. The zero-order chi connectivity index (χ0) is 11.0. The van der Waals surface area contributed by atoms with Gasteiger partial charge in [0.15, 0.2) is 0 Å². The van der Waals surface area contributed by atoms with Crippen molar-refractivity contribution in [3.05, 3.63) is 0 Å². The van der Waals surface area contributed by atoms with E-state index in [1.54, 1.807) is 11.9 Å². The van der Waals surface area contributed by atoms with Crippen LogP contribution in [0.4, 0.5) is 0 Å². The van der Waals surface area contributed by atoms with Crippen LogP contribution in [0.5, 0.6) is 0 Å². The third-order valence-electron chi connectivity index (χ3n) is 2.20. The Balaban J connectivity index is 3.68. The second-order valence-electron chi connectivity index (χ2n) is 3.41. The smallest absolute Gasteiger partial charge is 0.236 e. The minimum Gasteiger partial charge on any atom is -0.344 e. The third kappa shape index (κ3) is 5.55. The molecule has 1 N–H and O–H groups in total. The maximum absolute atomic E-state index is 11.4. The Hall–Kier alpha value is -1.08. The molecule has 0 aromatic rings. The van der Waals surface area contributed by atoms with Crippen molar-refractivity contribution in [2.24, 2.45) is 0 Å². The third-order valence-corrected chi connectivity index (χ3v) is 2.20. The maximum atomic E-state index is 11.4. The van der Waals surface area contributed by atoms with E-state index in [9.17, 15) is 4.79 Å². The Kier molecular flexibility index (Phi) is 6.77. The molecule has 0 aliphatic heterocycles. The van der Waals surface area contributed by atoms with Gasteiger partial charge in [0.05, 0.1) is 19.0 Å². The molecule has 80 valence electrons. The molecule has 14 heavy (non-hydrogen) atoms. The molecule has 0 aliphatic rings. The molecule has 0 aromatic heterocycles. The van der Waals surface area contributed by atoms with Crippen LogP contribution in [0, 0.1) is 11.3 Å². The Morgan fingerprint density at radius 2 is 2.29 bits per heavy atom. The van der Waals surface area contributed by atoms with E-state index in [1.807, 2.05) is 13.0 Å². The standard InChI is InChI=1S/C10H19N3O/c1-4-9(2)12-8-10(14)13(3)7-5-6-11/h9,12H,4-5,7-8H2,1-3H3. The lowest BCUT2D eigenvalue weighted by Gasteiger charge is -2.17. The first kappa shape index (κ1) is 12.9. The van der Waals surface area contributed by atoms with Crippen molar-refractivity contribution < 1.29 is 4.79 Å². The molecule has 0 saturated heterocycles. The lowest BCUT2D eigenvalue weighted by atomic mass is 10.2. The predicted octanol–water partition coefficient (Wildman–Crippen LogP) is 0.747. The molecule has 1 atom stereocenters. The Labute approximate surface area is 85.9 Å². The van der Waals surface area contributed by atoms with Crippen LogP contribution in [0.25, 0.3) is 0 Å². The average molecular weight is 197 g/mol. The molecule has 4 nitrogen and oxygen atoms in total. The van der Waals surface area contributed by atoms with Gasteiger partial charge in [0.1, 0.15) is 0 Å². The van der Waals surface area contributed by atoms with E-state index in [0.717, 1.165) is 6.42 Å². The van der Waals surface area contributed by atoms with Gasteiger partial charge < -0.3 is 10.2 Å². The van der Waals surface area contributed by atoms with Gasteiger partial charge in [-0.15, -0.1) is 0 Å². The molecule has 0 fully saturated rings. The summed E-state index contributed by atoms with van der Waals surface area (Å²) in [6, 6.07) is 2.38. The molecule has 0 rings (SSSR count). The molecule has 0 aliphatic carbocycles. The summed E-state index contributed by atoms with van der Waals surface area (Å²) in [5, 5.41) is 11.5. The summed E-state index contributed by atoms with van der Waals surface area (Å²) in [6.45, 7) is 4.98. The van der Waals surface area contributed by atoms with Crippen LogP contribution in [0.3, 0.4) is 0 Å². The van der Waals surface area contributed by atoms with Gasteiger partial charge in [0.2, 0.25) is 5.91 Å². The van der Waals surface area contributed by atoms with E-state index in [2.05, 4.69) is 12.2 Å². The number of hydrogen-bond acceptors (Lipinski definition) is 3. The van der Waals surface area contributed by atoms with E-state index in [0.29, 0.717) is 25.6 Å². The molecule has 1 unspecified atom stereocenters. The summed E-state index contributed by atoms with van der Waals surface area (Å²) >= 11 is 0. The second kappa shape index (κ2) is 7.34. The average Bonchev–Trinajstić information content (AvgIpc) is 2.21. The van der Waals surface area contributed by atoms with Crippen molar-refractivity contribution in [3.8, 4) is 6.07 Å². The van der Waals surface area contributed by atoms with E-state index >= 15 is 0 Å². The lowest BCUT2D eigenvalue weighted by Crippen LogP contribution is -2.39. The molecule has 0 radical (unpaired) electrons. The van der Waals surface area contributed by atoms with Crippen molar-refractivity contribution in [2.75, 3.05) is 20.1 Å². The fraction of sp³-hybridized carbons (Fsp3) is 0.800. The van der Waals surface area contributed by atoms with Gasteiger partial charge in [-0.2, -0.15) is 5.26 Å². The second-order valence-corrected chi connectivity index (χ2v) is 3.41. The molecule has 0 bridgehead atoms. The summed E-state index contributed by atoms with van der Waals surface area (Å²) in [5.41, 5.74) is 0. The molecule has 0 spiro atoms. The van der Waals surface area contributed by atoms with Crippen molar-refractivity contribution in [2.45, 2.75) is 32.7 Å². The van der Waals surface area contributed by atoms with Gasteiger partial charge in [-0.3, -0.25) is 4.79 Å². The number of nitriles is 1. The van der Waals surface area contributed by atoms with Crippen molar-refractivity contribution in [1.29, 1.82) is 5.26 Å². The van der Waals surface area contributed by atoms with Gasteiger partial charge in [0, 0.05) is 19.6 Å². The monoisotopic (exact) mass is 197 g/mol. The minimum absolute atomic E-state index is 0.0422. The number of amides is 1.